The van der Waals surface area contributed by atoms with Crippen LogP contribution in [0.1, 0.15) is 28.8 Å². The number of nitrogens with zero attached hydrogens (tertiary/aromatic N) is 1. The van der Waals surface area contributed by atoms with Gasteiger partial charge in [-0.25, -0.2) is 4.39 Å². The summed E-state index contributed by atoms with van der Waals surface area (Å²) in [6.45, 7) is 1.47. The van der Waals surface area contributed by atoms with Gasteiger partial charge in [0.25, 0.3) is 5.91 Å². The van der Waals surface area contributed by atoms with Crippen molar-refractivity contribution in [2.24, 2.45) is 0 Å². The summed E-state index contributed by atoms with van der Waals surface area (Å²) in [5.74, 6) is 0.0803. The SMILES string of the molecule is COc1ccc(CN(C)C(=O)c2ccccc2OCC2CCCO2)cc1F. The Hall–Kier alpha value is -2.60. The second-order valence-electron chi connectivity index (χ2n) is 6.57. The first-order chi connectivity index (χ1) is 13.1. The molecule has 0 N–H and O–H groups in total. The maximum absolute atomic E-state index is 13.9. The third kappa shape index (κ3) is 4.77. The highest BCUT2D eigenvalue weighted by Crippen LogP contribution is 2.23. The number of rotatable bonds is 7. The van der Waals surface area contributed by atoms with Gasteiger partial charge in [0.1, 0.15) is 12.4 Å². The molecule has 1 saturated heterocycles. The van der Waals surface area contributed by atoms with Gasteiger partial charge in [0.15, 0.2) is 11.6 Å². The van der Waals surface area contributed by atoms with Gasteiger partial charge in [-0.1, -0.05) is 18.2 Å². The standard InChI is InChI=1S/C21H24FNO4/c1-23(13-15-9-10-20(25-2)18(22)12-15)21(24)17-7-3-4-8-19(17)27-14-16-6-5-11-26-16/h3-4,7-10,12,16H,5-6,11,13-14H2,1-2H3. The van der Waals surface area contributed by atoms with E-state index >= 15 is 0 Å². The quantitative estimate of drug-likeness (QED) is 0.743. The molecule has 1 unspecified atom stereocenters. The molecule has 0 spiro atoms. The maximum atomic E-state index is 13.9. The van der Waals surface area contributed by atoms with Crippen LogP contribution in [-0.4, -0.2) is 44.3 Å². The first-order valence-electron chi connectivity index (χ1n) is 9.00. The fraction of sp³-hybridized carbons (Fsp3) is 0.381. The number of methoxy groups -OCH3 is 1. The summed E-state index contributed by atoms with van der Waals surface area (Å²) < 4.78 is 30.2. The van der Waals surface area contributed by atoms with Crippen LogP contribution in [0.5, 0.6) is 11.5 Å². The van der Waals surface area contributed by atoms with Crippen LogP contribution in [0.4, 0.5) is 4.39 Å². The van der Waals surface area contributed by atoms with E-state index in [0.717, 1.165) is 19.4 Å². The van der Waals surface area contributed by atoms with Crippen molar-refractivity contribution in [3.05, 3.63) is 59.4 Å². The van der Waals surface area contributed by atoms with Gasteiger partial charge in [0.2, 0.25) is 0 Å². The lowest BCUT2D eigenvalue weighted by Gasteiger charge is -2.20. The number of para-hydroxylation sites is 1. The molecule has 2 aromatic carbocycles. The molecule has 1 fully saturated rings. The Morgan fingerprint density at radius 2 is 2.07 bits per heavy atom. The number of hydrogen-bond acceptors (Lipinski definition) is 4. The van der Waals surface area contributed by atoms with Gasteiger partial charge in [0, 0.05) is 20.2 Å². The third-order valence-corrected chi connectivity index (χ3v) is 4.55. The number of carbonyl (C=O) groups is 1. The van der Waals surface area contributed by atoms with Gasteiger partial charge in [-0.15, -0.1) is 0 Å². The van der Waals surface area contributed by atoms with Crippen molar-refractivity contribution in [2.45, 2.75) is 25.5 Å². The van der Waals surface area contributed by atoms with E-state index in [4.69, 9.17) is 14.2 Å². The van der Waals surface area contributed by atoms with Crippen LogP contribution in [-0.2, 0) is 11.3 Å². The van der Waals surface area contributed by atoms with Crippen LogP contribution in [0, 0.1) is 5.82 Å². The van der Waals surface area contributed by atoms with E-state index in [2.05, 4.69) is 0 Å². The van der Waals surface area contributed by atoms with Gasteiger partial charge in [-0.2, -0.15) is 0 Å². The summed E-state index contributed by atoms with van der Waals surface area (Å²) >= 11 is 0. The maximum Gasteiger partial charge on any atom is 0.257 e. The van der Waals surface area contributed by atoms with Gasteiger partial charge in [-0.3, -0.25) is 4.79 Å². The van der Waals surface area contributed by atoms with Crippen LogP contribution in [0.3, 0.4) is 0 Å². The van der Waals surface area contributed by atoms with E-state index in [9.17, 15) is 9.18 Å². The van der Waals surface area contributed by atoms with Crippen molar-refractivity contribution in [1.82, 2.24) is 4.90 Å². The second kappa shape index (κ2) is 8.86. The first kappa shape index (κ1) is 19.2. The number of halogens is 1. The van der Waals surface area contributed by atoms with Crippen LogP contribution in [0.2, 0.25) is 0 Å². The van der Waals surface area contributed by atoms with Crippen LogP contribution in [0.25, 0.3) is 0 Å². The molecule has 0 aliphatic carbocycles. The van der Waals surface area contributed by atoms with E-state index in [1.54, 1.807) is 37.4 Å². The lowest BCUT2D eigenvalue weighted by atomic mass is 10.1. The Morgan fingerprint density at radius 3 is 2.78 bits per heavy atom. The predicted molar refractivity (Wildman–Crippen MR) is 99.7 cm³/mol. The molecular formula is C21H24FNO4. The monoisotopic (exact) mass is 373 g/mol. The molecule has 0 aromatic heterocycles. The lowest BCUT2D eigenvalue weighted by molar-refractivity contribution is 0.0656. The summed E-state index contributed by atoms with van der Waals surface area (Å²) in [4.78, 5) is 14.4. The Kier molecular flexibility index (Phi) is 6.29. The summed E-state index contributed by atoms with van der Waals surface area (Å²) in [6, 6.07) is 11.8. The van der Waals surface area contributed by atoms with Crippen LogP contribution in [0.15, 0.2) is 42.5 Å². The molecule has 0 bridgehead atoms. The molecule has 2 aromatic rings. The van der Waals surface area contributed by atoms with Crippen molar-refractivity contribution >= 4 is 5.91 Å². The van der Waals surface area contributed by atoms with E-state index in [0.29, 0.717) is 23.5 Å². The van der Waals surface area contributed by atoms with E-state index in [1.807, 2.05) is 6.07 Å². The number of ether oxygens (including phenoxy) is 3. The molecule has 1 aliphatic rings. The zero-order valence-electron chi connectivity index (χ0n) is 15.6. The minimum absolute atomic E-state index is 0.0770. The van der Waals surface area contributed by atoms with Crippen molar-refractivity contribution in [1.29, 1.82) is 0 Å². The molecule has 6 heteroatoms. The summed E-state index contributed by atoms with van der Waals surface area (Å²) in [7, 11) is 3.10. The zero-order chi connectivity index (χ0) is 19.2. The molecular weight excluding hydrogens is 349 g/mol. The molecule has 3 rings (SSSR count). The zero-order valence-corrected chi connectivity index (χ0v) is 15.6. The molecule has 1 atom stereocenters. The summed E-state index contributed by atoms with van der Waals surface area (Å²) in [6.07, 6.45) is 2.09. The highest BCUT2D eigenvalue weighted by atomic mass is 19.1. The minimum Gasteiger partial charge on any atom is -0.494 e. The molecule has 1 aliphatic heterocycles. The van der Waals surface area contributed by atoms with Crippen molar-refractivity contribution in [2.75, 3.05) is 27.4 Å². The van der Waals surface area contributed by atoms with E-state index in [-0.39, 0.29) is 24.3 Å². The Balaban J connectivity index is 1.68. The topological polar surface area (TPSA) is 48.0 Å². The highest BCUT2D eigenvalue weighted by Gasteiger charge is 2.20. The fourth-order valence-electron chi connectivity index (χ4n) is 3.09. The molecule has 1 amide bonds. The molecule has 5 nitrogen and oxygen atoms in total. The molecule has 0 radical (unpaired) electrons. The Labute approximate surface area is 158 Å². The lowest BCUT2D eigenvalue weighted by Crippen LogP contribution is -2.27. The fourth-order valence-corrected chi connectivity index (χ4v) is 3.09. The van der Waals surface area contributed by atoms with Crippen molar-refractivity contribution in [3.63, 3.8) is 0 Å². The smallest absolute Gasteiger partial charge is 0.257 e. The Morgan fingerprint density at radius 1 is 1.26 bits per heavy atom. The molecule has 27 heavy (non-hydrogen) atoms. The van der Waals surface area contributed by atoms with Crippen LogP contribution < -0.4 is 9.47 Å². The largest absolute Gasteiger partial charge is 0.494 e. The number of carbonyl (C=O) groups excluding carboxylic acids is 1. The number of amides is 1. The average molecular weight is 373 g/mol. The first-order valence-corrected chi connectivity index (χ1v) is 9.00. The molecule has 144 valence electrons. The Bertz CT molecular complexity index is 790. The van der Waals surface area contributed by atoms with Crippen LogP contribution >= 0.6 is 0 Å². The second-order valence-corrected chi connectivity index (χ2v) is 6.57. The summed E-state index contributed by atoms with van der Waals surface area (Å²) in [5.41, 5.74) is 1.16. The average Bonchev–Trinajstić information content (AvgIpc) is 3.20. The predicted octanol–water partition coefficient (Wildman–Crippen LogP) is 3.66. The van der Waals surface area contributed by atoms with Crippen molar-refractivity contribution in [3.8, 4) is 11.5 Å². The summed E-state index contributed by atoms with van der Waals surface area (Å²) in [5, 5.41) is 0. The third-order valence-electron chi connectivity index (χ3n) is 4.55. The number of hydrogen-bond donors (Lipinski definition) is 0. The van der Waals surface area contributed by atoms with Gasteiger partial charge in [-0.05, 0) is 42.7 Å². The highest BCUT2D eigenvalue weighted by molar-refractivity contribution is 5.96. The van der Waals surface area contributed by atoms with Gasteiger partial charge < -0.3 is 19.1 Å². The van der Waals surface area contributed by atoms with Crippen molar-refractivity contribution < 1.29 is 23.4 Å². The molecule has 0 saturated carbocycles. The normalized spacial score (nSPS) is 16.2. The number of benzene rings is 2. The van der Waals surface area contributed by atoms with Gasteiger partial charge >= 0.3 is 0 Å². The van der Waals surface area contributed by atoms with E-state index in [1.165, 1.54) is 18.1 Å². The van der Waals surface area contributed by atoms with Gasteiger partial charge in [0.05, 0.1) is 18.8 Å². The van der Waals surface area contributed by atoms with E-state index < -0.39 is 5.82 Å². The minimum atomic E-state index is -0.448. The molecule has 1 heterocycles.